The molecule has 0 aliphatic carbocycles. The standard InChI is InChI=1S/C18H16F3N3O4S/c19-18(20,21)28-12-3-1-4-13(10-12)29(25,26)24-11-6-7-14-15(9-11)23-17(22-14)16-5-2-8-27-16/h1,3-4,6-7,9-10,16,24H,2,5,8H2,(H,22,23). The van der Waals surface area contributed by atoms with E-state index in [0.717, 1.165) is 25.0 Å². The number of sulfonamides is 1. The van der Waals surface area contributed by atoms with Gasteiger partial charge in [-0.2, -0.15) is 0 Å². The molecule has 1 aliphatic rings. The largest absolute Gasteiger partial charge is 0.573 e. The molecule has 0 spiro atoms. The highest BCUT2D eigenvalue weighted by atomic mass is 32.2. The molecule has 0 radical (unpaired) electrons. The third kappa shape index (κ3) is 4.46. The first-order chi connectivity index (χ1) is 13.7. The van der Waals surface area contributed by atoms with Crippen molar-refractivity contribution in [1.82, 2.24) is 9.97 Å². The maximum Gasteiger partial charge on any atom is 0.573 e. The average molecular weight is 427 g/mol. The summed E-state index contributed by atoms with van der Waals surface area (Å²) in [6.07, 6.45) is -3.22. The van der Waals surface area contributed by atoms with Gasteiger partial charge in [0.2, 0.25) is 0 Å². The Balaban J connectivity index is 1.57. The van der Waals surface area contributed by atoms with Crippen molar-refractivity contribution in [2.45, 2.75) is 30.2 Å². The smallest absolute Gasteiger partial charge is 0.406 e. The number of fused-ring (bicyclic) bond motifs is 1. The number of aromatic amines is 1. The lowest BCUT2D eigenvalue weighted by Gasteiger charge is -2.11. The number of hydrogen-bond donors (Lipinski definition) is 2. The minimum Gasteiger partial charge on any atom is -0.406 e. The Morgan fingerprint density at radius 2 is 2.03 bits per heavy atom. The van der Waals surface area contributed by atoms with Gasteiger partial charge in [-0.05, 0) is 43.2 Å². The molecule has 4 rings (SSSR count). The van der Waals surface area contributed by atoms with Gasteiger partial charge in [-0.3, -0.25) is 4.72 Å². The molecule has 0 amide bonds. The quantitative estimate of drug-likeness (QED) is 0.639. The zero-order valence-corrected chi connectivity index (χ0v) is 15.7. The molecule has 0 bridgehead atoms. The molecule has 1 aliphatic heterocycles. The van der Waals surface area contributed by atoms with Gasteiger partial charge >= 0.3 is 6.36 Å². The van der Waals surface area contributed by atoms with Crippen LogP contribution in [0.4, 0.5) is 18.9 Å². The molecule has 1 fully saturated rings. The van der Waals surface area contributed by atoms with Gasteiger partial charge in [0, 0.05) is 12.7 Å². The molecule has 29 heavy (non-hydrogen) atoms. The first-order valence-corrected chi connectivity index (χ1v) is 10.2. The lowest BCUT2D eigenvalue weighted by Crippen LogP contribution is -2.18. The Hall–Kier alpha value is -2.79. The number of aromatic nitrogens is 2. The number of anilines is 1. The van der Waals surface area contributed by atoms with E-state index < -0.39 is 22.1 Å². The van der Waals surface area contributed by atoms with Crippen LogP contribution >= 0.6 is 0 Å². The van der Waals surface area contributed by atoms with Gasteiger partial charge in [0.25, 0.3) is 10.0 Å². The topological polar surface area (TPSA) is 93.3 Å². The van der Waals surface area contributed by atoms with Gasteiger partial charge in [-0.1, -0.05) is 6.07 Å². The Morgan fingerprint density at radius 3 is 2.76 bits per heavy atom. The highest BCUT2D eigenvalue weighted by Gasteiger charge is 2.31. The summed E-state index contributed by atoms with van der Waals surface area (Å²) in [7, 11) is -4.13. The summed E-state index contributed by atoms with van der Waals surface area (Å²) in [4.78, 5) is 7.22. The van der Waals surface area contributed by atoms with Crippen molar-refractivity contribution in [2.24, 2.45) is 0 Å². The second-order valence-corrected chi connectivity index (χ2v) is 8.17. The van der Waals surface area contributed by atoms with E-state index in [-0.39, 0.29) is 16.7 Å². The lowest BCUT2D eigenvalue weighted by atomic mass is 10.2. The molecule has 7 nitrogen and oxygen atoms in total. The van der Waals surface area contributed by atoms with Crippen LogP contribution in [0.3, 0.4) is 0 Å². The zero-order valence-electron chi connectivity index (χ0n) is 14.9. The third-order valence-corrected chi connectivity index (χ3v) is 5.72. The summed E-state index contributed by atoms with van der Waals surface area (Å²) < 4.78 is 74.0. The fraction of sp³-hybridized carbons (Fsp3) is 0.278. The van der Waals surface area contributed by atoms with Gasteiger partial charge in [0.1, 0.15) is 17.7 Å². The second-order valence-electron chi connectivity index (χ2n) is 6.48. The van der Waals surface area contributed by atoms with E-state index in [0.29, 0.717) is 23.5 Å². The highest BCUT2D eigenvalue weighted by molar-refractivity contribution is 7.92. The van der Waals surface area contributed by atoms with Gasteiger partial charge in [0.15, 0.2) is 0 Å². The van der Waals surface area contributed by atoms with E-state index in [9.17, 15) is 21.6 Å². The van der Waals surface area contributed by atoms with E-state index >= 15 is 0 Å². The second kappa shape index (κ2) is 7.23. The van der Waals surface area contributed by atoms with Crippen molar-refractivity contribution in [2.75, 3.05) is 11.3 Å². The molecular weight excluding hydrogens is 411 g/mol. The molecule has 1 saturated heterocycles. The Morgan fingerprint density at radius 1 is 1.21 bits per heavy atom. The maximum atomic E-state index is 12.6. The molecule has 2 aromatic carbocycles. The Kier molecular flexibility index (Phi) is 4.87. The van der Waals surface area contributed by atoms with E-state index in [4.69, 9.17) is 4.74 Å². The van der Waals surface area contributed by atoms with Gasteiger partial charge in [-0.15, -0.1) is 13.2 Å². The van der Waals surface area contributed by atoms with Crippen molar-refractivity contribution in [3.05, 3.63) is 48.3 Å². The third-order valence-electron chi connectivity index (χ3n) is 4.34. The summed E-state index contributed by atoms with van der Waals surface area (Å²) in [5, 5.41) is 0. The molecule has 3 aromatic rings. The van der Waals surface area contributed by atoms with Crippen LogP contribution in [0.2, 0.25) is 0 Å². The number of halogens is 3. The Labute approximate surface area is 163 Å². The molecule has 2 heterocycles. The summed E-state index contributed by atoms with van der Waals surface area (Å²) in [5.41, 5.74) is 1.51. The minimum atomic E-state index is -4.91. The Bertz CT molecular complexity index is 1140. The molecule has 154 valence electrons. The zero-order chi connectivity index (χ0) is 20.6. The summed E-state index contributed by atoms with van der Waals surface area (Å²) in [6, 6.07) is 8.91. The van der Waals surface area contributed by atoms with Crippen LogP contribution in [0.15, 0.2) is 47.4 Å². The van der Waals surface area contributed by atoms with Crippen LogP contribution in [-0.4, -0.2) is 31.4 Å². The molecule has 1 unspecified atom stereocenters. The van der Waals surface area contributed by atoms with Crippen LogP contribution in [0.25, 0.3) is 11.0 Å². The predicted molar refractivity (Wildman–Crippen MR) is 98.0 cm³/mol. The van der Waals surface area contributed by atoms with Gasteiger partial charge < -0.3 is 14.5 Å². The highest BCUT2D eigenvalue weighted by Crippen LogP contribution is 2.30. The number of hydrogen-bond acceptors (Lipinski definition) is 5. The number of rotatable bonds is 5. The number of benzene rings is 2. The van der Waals surface area contributed by atoms with Crippen LogP contribution in [0.5, 0.6) is 5.75 Å². The number of H-pyrrole nitrogens is 1. The first-order valence-electron chi connectivity index (χ1n) is 8.69. The van der Waals surface area contributed by atoms with Crippen molar-refractivity contribution in [3.8, 4) is 5.75 Å². The van der Waals surface area contributed by atoms with E-state index in [1.807, 2.05) is 0 Å². The SMILES string of the molecule is O=S(=O)(Nc1ccc2nc(C3CCCO3)[nH]c2c1)c1cccc(OC(F)(F)F)c1. The van der Waals surface area contributed by atoms with Crippen LogP contribution in [0.1, 0.15) is 24.8 Å². The number of imidazole rings is 1. The first kappa shape index (κ1) is 19.5. The lowest BCUT2D eigenvalue weighted by molar-refractivity contribution is -0.274. The van der Waals surface area contributed by atoms with E-state index in [1.165, 1.54) is 18.2 Å². The van der Waals surface area contributed by atoms with Crippen molar-refractivity contribution < 1.29 is 31.1 Å². The molecule has 0 saturated carbocycles. The van der Waals surface area contributed by atoms with E-state index in [2.05, 4.69) is 19.4 Å². The van der Waals surface area contributed by atoms with E-state index in [1.54, 1.807) is 12.1 Å². The fourth-order valence-corrected chi connectivity index (χ4v) is 4.18. The summed E-state index contributed by atoms with van der Waals surface area (Å²) in [5.74, 6) is 0.0557. The minimum absolute atomic E-state index is 0.112. The summed E-state index contributed by atoms with van der Waals surface area (Å²) in [6.45, 7) is 0.671. The van der Waals surface area contributed by atoms with Crippen LogP contribution < -0.4 is 9.46 Å². The summed E-state index contributed by atoms with van der Waals surface area (Å²) >= 11 is 0. The normalized spacial score (nSPS) is 17.6. The van der Waals surface area contributed by atoms with Gasteiger partial charge in [0.05, 0.1) is 21.6 Å². The average Bonchev–Trinajstić information content (AvgIpc) is 3.29. The van der Waals surface area contributed by atoms with Crippen LogP contribution in [0, 0.1) is 0 Å². The number of nitrogens with one attached hydrogen (secondary N) is 2. The number of alkyl halides is 3. The number of ether oxygens (including phenoxy) is 2. The molecule has 1 atom stereocenters. The monoisotopic (exact) mass is 427 g/mol. The maximum absolute atomic E-state index is 12.6. The fourth-order valence-electron chi connectivity index (χ4n) is 3.09. The molecule has 11 heteroatoms. The predicted octanol–water partition coefficient (Wildman–Crippen LogP) is 4.11. The van der Waals surface area contributed by atoms with Crippen LogP contribution in [-0.2, 0) is 14.8 Å². The van der Waals surface area contributed by atoms with Crippen molar-refractivity contribution >= 4 is 26.7 Å². The van der Waals surface area contributed by atoms with Crippen molar-refractivity contribution in [3.63, 3.8) is 0 Å². The molecule has 1 aromatic heterocycles. The molecular formula is C18H16F3N3O4S. The van der Waals surface area contributed by atoms with Gasteiger partial charge in [-0.25, -0.2) is 13.4 Å². The van der Waals surface area contributed by atoms with Crippen molar-refractivity contribution in [1.29, 1.82) is 0 Å². The molecule has 2 N–H and O–H groups in total. The number of nitrogens with zero attached hydrogens (tertiary/aromatic N) is 1.